The first-order valence-electron chi connectivity index (χ1n) is 6.20. The molecule has 3 heteroatoms. The van der Waals surface area contributed by atoms with E-state index in [1.807, 2.05) is 6.07 Å². The van der Waals surface area contributed by atoms with Gasteiger partial charge in [-0.2, -0.15) is 0 Å². The molecule has 0 aliphatic heterocycles. The van der Waals surface area contributed by atoms with E-state index in [0.29, 0.717) is 11.9 Å². The third-order valence-corrected chi connectivity index (χ3v) is 2.82. The van der Waals surface area contributed by atoms with Crippen molar-refractivity contribution in [2.45, 2.75) is 45.6 Å². The number of anilines is 1. The van der Waals surface area contributed by atoms with Crippen molar-refractivity contribution in [2.75, 3.05) is 12.3 Å². The van der Waals surface area contributed by atoms with Gasteiger partial charge in [0.25, 0.3) is 0 Å². The van der Waals surface area contributed by atoms with Crippen molar-refractivity contribution in [3.63, 3.8) is 0 Å². The molecule has 1 aromatic heterocycles. The van der Waals surface area contributed by atoms with Gasteiger partial charge in [0, 0.05) is 12.2 Å². The largest absolute Gasteiger partial charge is 0.383 e. The Morgan fingerprint density at radius 3 is 2.81 bits per heavy atom. The van der Waals surface area contributed by atoms with E-state index in [2.05, 4.69) is 30.2 Å². The van der Waals surface area contributed by atoms with Crippen LogP contribution in [0, 0.1) is 0 Å². The van der Waals surface area contributed by atoms with E-state index < -0.39 is 0 Å². The molecule has 3 N–H and O–H groups in total. The van der Waals surface area contributed by atoms with Crippen molar-refractivity contribution in [2.24, 2.45) is 0 Å². The third kappa shape index (κ3) is 4.19. The average Bonchev–Trinajstić information content (AvgIpc) is 2.28. The molecule has 0 spiro atoms. The van der Waals surface area contributed by atoms with E-state index in [4.69, 9.17) is 5.73 Å². The molecule has 0 aliphatic carbocycles. The van der Waals surface area contributed by atoms with E-state index in [9.17, 15) is 0 Å². The van der Waals surface area contributed by atoms with Gasteiger partial charge in [-0.15, -0.1) is 0 Å². The number of hydrogen-bond donors (Lipinski definition) is 2. The number of rotatable bonds is 7. The molecular weight excluding hydrogens is 198 g/mol. The number of nitrogens with two attached hydrogens (primary N) is 1. The average molecular weight is 221 g/mol. The lowest BCUT2D eigenvalue weighted by molar-refractivity contribution is 0.460. The van der Waals surface area contributed by atoms with Crippen molar-refractivity contribution in [1.29, 1.82) is 0 Å². The van der Waals surface area contributed by atoms with Crippen molar-refractivity contribution < 1.29 is 0 Å². The first-order valence-corrected chi connectivity index (χ1v) is 6.20. The molecule has 90 valence electrons. The smallest absolute Gasteiger partial charge is 0.126 e. The highest BCUT2D eigenvalue weighted by atomic mass is 14.9. The summed E-state index contributed by atoms with van der Waals surface area (Å²) >= 11 is 0. The summed E-state index contributed by atoms with van der Waals surface area (Å²) in [5.74, 6) is 0.675. The Morgan fingerprint density at radius 1 is 1.38 bits per heavy atom. The van der Waals surface area contributed by atoms with Gasteiger partial charge >= 0.3 is 0 Å². The fourth-order valence-electron chi connectivity index (χ4n) is 1.98. The summed E-state index contributed by atoms with van der Waals surface area (Å²) in [5.41, 5.74) is 6.99. The van der Waals surface area contributed by atoms with Crippen molar-refractivity contribution in [3.8, 4) is 0 Å². The molecule has 0 amide bonds. The zero-order valence-corrected chi connectivity index (χ0v) is 10.4. The van der Waals surface area contributed by atoms with Crippen LogP contribution in [0.2, 0.25) is 0 Å². The predicted molar refractivity (Wildman–Crippen MR) is 69.3 cm³/mol. The second-order valence-electron chi connectivity index (χ2n) is 4.13. The number of aromatic nitrogens is 1. The summed E-state index contributed by atoms with van der Waals surface area (Å²) < 4.78 is 0. The van der Waals surface area contributed by atoms with Crippen LogP contribution in [0.3, 0.4) is 0 Å². The van der Waals surface area contributed by atoms with Crippen LogP contribution < -0.4 is 11.1 Å². The molecule has 0 radical (unpaired) electrons. The monoisotopic (exact) mass is 221 g/mol. The minimum absolute atomic E-state index is 0.606. The molecule has 1 rings (SSSR count). The summed E-state index contributed by atoms with van der Waals surface area (Å²) in [5, 5.41) is 3.51. The Bertz CT molecular complexity index is 293. The van der Waals surface area contributed by atoms with Gasteiger partial charge in [-0.3, -0.25) is 0 Å². The topological polar surface area (TPSA) is 50.9 Å². The summed E-state index contributed by atoms with van der Waals surface area (Å²) in [6.07, 6.45) is 6.34. The highest BCUT2D eigenvalue weighted by Gasteiger charge is 2.07. The molecule has 1 aromatic rings. The molecule has 0 fully saturated rings. The fourth-order valence-corrected chi connectivity index (χ4v) is 1.98. The molecule has 0 saturated carbocycles. The van der Waals surface area contributed by atoms with Crippen LogP contribution in [-0.4, -0.2) is 17.6 Å². The van der Waals surface area contributed by atoms with Gasteiger partial charge < -0.3 is 11.1 Å². The highest BCUT2D eigenvalue weighted by molar-refractivity contribution is 5.38. The lowest BCUT2D eigenvalue weighted by Gasteiger charge is -2.17. The van der Waals surface area contributed by atoms with Crippen LogP contribution in [0.15, 0.2) is 18.3 Å². The molecule has 0 bridgehead atoms. The van der Waals surface area contributed by atoms with Crippen LogP contribution in [0.5, 0.6) is 0 Å². The SMILES string of the molecule is CCCC(CCc1cccnc1N)NCC. The maximum absolute atomic E-state index is 5.82. The number of aryl methyl sites for hydroxylation is 1. The van der Waals surface area contributed by atoms with Crippen LogP contribution >= 0.6 is 0 Å². The molecule has 3 nitrogen and oxygen atoms in total. The maximum Gasteiger partial charge on any atom is 0.126 e. The Labute approximate surface area is 98.5 Å². The normalized spacial score (nSPS) is 12.6. The Balaban J connectivity index is 2.45. The lowest BCUT2D eigenvalue weighted by Crippen LogP contribution is -2.29. The maximum atomic E-state index is 5.82. The van der Waals surface area contributed by atoms with Gasteiger partial charge in [-0.1, -0.05) is 26.3 Å². The van der Waals surface area contributed by atoms with Gasteiger partial charge in [0.05, 0.1) is 0 Å². The van der Waals surface area contributed by atoms with Gasteiger partial charge in [-0.25, -0.2) is 4.98 Å². The van der Waals surface area contributed by atoms with Gasteiger partial charge in [-0.05, 0) is 37.4 Å². The van der Waals surface area contributed by atoms with E-state index in [1.165, 1.54) is 18.4 Å². The van der Waals surface area contributed by atoms with Gasteiger partial charge in [0.2, 0.25) is 0 Å². The molecule has 16 heavy (non-hydrogen) atoms. The fraction of sp³-hybridized carbons (Fsp3) is 0.615. The van der Waals surface area contributed by atoms with Crippen LogP contribution in [0.1, 0.15) is 38.7 Å². The highest BCUT2D eigenvalue weighted by Crippen LogP contribution is 2.12. The first-order chi connectivity index (χ1) is 7.77. The van der Waals surface area contributed by atoms with E-state index >= 15 is 0 Å². The van der Waals surface area contributed by atoms with Crippen molar-refractivity contribution in [3.05, 3.63) is 23.9 Å². The number of pyridine rings is 1. The van der Waals surface area contributed by atoms with E-state index in [-0.39, 0.29) is 0 Å². The molecule has 0 aromatic carbocycles. The minimum atomic E-state index is 0.606. The van der Waals surface area contributed by atoms with Crippen LogP contribution in [0.25, 0.3) is 0 Å². The molecule has 1 unspecified atom stereocenters. The van der Waals surface area contributed by atoms with Crippen LogP contribution in [-0.2, 0) is 6.42 Å². The first kappa shape index (κ1) is 13.0. The summed E-state index contributed by atoms with van der Waals surface area (Å²) in [7, 11) is 0. The number of nitrogen functional groups attached to an aromatic ring is 1. The van der Waals surface area contributed by atoms with Gasteiger partial charge in [0.1, 0.15) is 5.82 Å². The third-order valence-electron chi connectivity index (χ3n) is 2.82. The van der Waals surface area contributed by atoms with Crippen molar-refractivity contribution in [1.82, 2.24) is 10.3 Å². The second kappa shape index (κ2) is 7.23. The quantitative estimate of drug-likeness (QED) is 0.743. The summed E-state index contributed by atoms with van der Waals surface area (Å²) in [6, 6.07) is 4.63. The van der Waals surface area contributed by atoms with Crippen molar-refractivity contribution >= 4 is 5.82 Å². The van der Waals surface area contributed by atoms with Gasteiger partial charge in [0.15, 0.2) is 0 Å². The molecule has 1 heterocycles. The molecular formula is C13H23N3. The Hall–Kier alpha value is -1.09. The van der Waals surface area contributed by atoms with E-state index in [1.54, 1.807) is 6.20 Å². The minimum Gasteiger partial charge on any atom is -0.383 e. The second-order valence-corrected chi connectivity index (χ2v) is 4.13. The molecule has 0 aliphatic rings. The molecule has 0 saturated heterocycles. The zero-order chi connectivity index (χ0) is 11.8. The number of hydrogen-bond acceptors (Lipinski definition) is 3. The number of nitrogens with one attached hydrogen (secondary N) is 1. The molecule has 1 atom stereocenters. The number of nitrogens with zero attached hydrogens (tertiary/aromatic N) is 1. The zero-order valence-electron chi connectivity index (χ0n) is 10.4. The van der Waals surface area contributed by atoms with E-state index in [0.717, 1.165) is 19.4 Å². The summed E-state index contributed by atoms with van der Waals surface area (Å²) in [4.78, 5) is 4.11. The summed E-state index contributed by atoms with van der Waals surface area (Å²) in [6.45, 7) is 5.41. The standard InChI is InChI=1S/C13H23N3/c1-3-6-12(15-4-2)9-8-11-7-5-10-16-13(11)14/h5,7,10,12,15H,3-4,6,8-9H2,1-2H3,(H2,14,16). The Kier molecular flexibility index (Phi) is 5.86. The van der Waals surface area contributed by atoms with Crippen LogP contribution in [0.4, 0.5) is 5.82 Å². The predicted octanol–water partition coefficient (Wildman–Crippen LogP) is 2.37. The lowest BCUT2D eigenvalue weighted by atomic mass is 10.0. The Morgan fingerprint density at radius 2 is 2.19 bits per heavy atom.